The number of aliphatic hydroxyl groups is 2. The van der Waals surface area contributed by atoms with E-state index in [1.54, 1.807) is 4.57 Å². The maximum atomic E-state index is 11.7. The van der Waals surface area contributed by atoms with Crippen molar-refractivity contribution < 1.29 is 10.2 Å². The molecular formula is C11H15N5O3S. The predicted molar refractivity (Wildman–Crippen MR) is 75.3 cm³/mol. The number of anilines is 1. The number of aliphatic hydroxyl groups excluding tert-OH is 2. The fraction of sp³-hybridized carbons (Fsp3) is 0.545. The van der Waals surface area contributed by atoms with Gasteiger partial charge in [-0.15, -0.1) is 11.8 Å². The molecule has 5 N–H and O–H groups in total. The first kappa shape index (κ1) is 13.4. The molecule has 0 amide bonds. The molecule has 0 unspecified atom stereocenters. The van der Waals surface area contributed by atoms with E-state index in [1.807, 2.05) is 6.92 Å². The molecule has 0 radical (unpaired) electrons. The molecule has 0 saturated carbocycles. The lowest BCUT2D eigenvalue weighted by molar-refractivity contribution is 0.0181. The summed E-state index contributed by atoms with van der Waals surface area (Å²) in [5.74, 6) is -0.00525. The largest absolute Gasteiger partial charge is 0.389 e. The van der Waals surface area contributed by atoms with Gasteiger partial charge in [-0.25, -0.2) is 4.98 Å². The number of thioether (sulfide) groups is 1. The number of nitrogens with two attached hydrogens (primary N) is 1. The number of aromatic nitrogens is 4. The van der Waals surface area contributed by atoms with Crippen LogP contribution < -0.4 is 11.3 Å². The van der Waals surface area contributed by atoms with Crippen LogP contribution in [0, 0.1) is 0 Å². The third-order valence-electron chi connectivity index (χ3n) is 3.46. The zero-order chi connectivity index (χ0) is 14.4. The molecule has 1 saturated heterocycles. The van der Waals surface area contributed by atoms with E-state index < -0.39 is 23.1 Å². The summed E-state index contributed by atoms with van der Waals surface area (Å²) < 4.78 is 1.59. The minimum Gasteiger partial charge on any atom is -0.389 e. The molecule has 2 aromatic rings. The van der Waals surface area contributed by atoms with Gasteiger partial charge in [-0.1, -0.05) is 6.92 Å². The summed E-state index contributed by atoms with van der Waals surface area (Å²) in [5, 5.41) is 19.7. The number of fused-ring (bicyclic) bond motifs is 1. The van der Waals surface area contributed by atoms with Crippen LogP contribution in [0.3, 0.4) is 0 Å². The Morgan fingerprint density at radius 2 is 2.25 bits per heavy atom. The molecule has 8 nitrogen and oxygen atoms in total. The number of H-pyrrole nitrogens is 1. The number of hydrogen-bond acceptors (Lipinski definition) is 7. The van der Waals surface area contributed by atoms with Gasteiger partial charge in [-0.2, -0.15) is 4.98 Å². The van der Waals surface area contributed by atoms with Crippen molar-refractivity contribution in [1.29, 1.82) is 0 Å². The SMILES string of the molecule is CC[C@H]1S[C@@H](n2cnc3c(=O)[nH]c(N)nc32)[C@H](O)[C@@H]1O. The molecular weight excluding hydrogens is 282 g/mol. The monoisotopic (exact) mass is 297 g/mol. The summed E-state index contributed by atoms with van der Waals surface area (Å²) >= 11 is 1.44. The van der Waals surface area contributed by atoms with Crippen LogP contribution in [0.4, 0.5) is 5.95 Å². The summed E-state index contributed by atoms with van der Waals surface area (Å²) in [6.45, 7) is 1.95. The lowest BCUT2D eigenvalue weighted by atomic mass is 10.1. The fourth-order valence-electron chi connectivity index (χ4n) is 2.43. The van der Waals surface area contributed by atoms with Crippen molar-refractivity contribution in [3.63, 3.8) is 0 Å². The molecule has 4 atom stereocenters. The summed E-state index contributed by atoms with van der Waals surface area (Å²) in [6, 6.07) is 0. The van der Waals surface area contributed by atoms with E-state index in [0.717, 1.165) is 6.42 Å². The third kappa shape index (κ3) is 1.89. The molecule has 2 aromatic heterocycles. The van der Waals surface area contributed by atoms with Crippen molar-refractivity contribution in [3.05, 3.63) is 16.7 Å². The molecule has 1 aliphatic rings. The minimum absolute atomic E-state index is 0.00525. The van der Waals surface area contributed by atoms with Gasteiger partial charge in [0.05, 0.1) is 12.4 Å². The van der Waals surface area contributed by atoms with Crippen molar-refractivity contribution in [2.24, 2.45) is 0 Å². The van der Waals surface area contributed by atoms with E-state index in [4.69, 9.17) is 5.73 Å². The first-order chi connectivity index (χ1) is 9.52. The molecule has 20 heavy (non-hydrogen) atoms. The molecule has 9 heteroatoms. The lowest BCUT2D eigenvalue weighted by Crippen LogP contribution is -2.31. The smallest absolute Gasteiger partial charge is 0.280 e. The van der Waals surface area contributed by atoms with Crippen LogP contribution in [0.2, 0.25) is 0 Å². The predicted octanol–water partition coefficient (Wildman–Crippen LogP) is -0.552. The van der Waals surface area contributed by atoms with Gasteiger partial charge in [-0.05, 0) is 6.42 Å². The average molecular weight is 297 g/mol. The highest BCUT2D eigenvalue weighted by atomic mass is 32.2. The molecule has 3 heterocycles. The molecule has 0 aromatic carbocycles. The second-order valence-corrected chi connectivity index (χ2v) is 6.09. The standard InChI is InChI=1S/C11H15N5O3S/c1-2-4-6(17)7(18)10(20-4)16-3-13-5-8(16)14-11(12)15-9(5)19/h3-4,6-7,10,17-18H,2H2,1H3,(H3,12,14,15,19)/t4-,6-,7-,10-/m1/s1. The van der Waals surface area contributed by atoms with E-state index in [0.29, 0.717) is 5.65 Å². The van der Waals surface area contributed by atoms with Gasteiger partial charge >= 0.3 is 0 Å². The number of nitrogens with one attached hydrogen (secondary N) is 1. The topological polar surface area (TPSA) is 130 Å². The van der Waals surface area contributed by atoms with Crippen LogP contribution in [0.1, 0.15) is 18.7 Å². The van der Waals surface area contributed by atoms with Crippen molar-refractivity contribution in [2.75, 3.05) is 5.73 Å². The molecule has 1 aliphatic heterocycles. The molecule has 0 spiro atoms. The molecule has 3 rings (SSSR count). The number of nitrogens with zero attached hydrogens (tertiary/aromatic N) is 3. The number of rotatable bonds is 2. The van der Waals surface area contributed by atoms with Gasteiger partial charge in [0, 0.05) is 5.25 Å². The van der Waals surface area contributed by atoms with Crippen LogP contribution in [0.25, 0.3) is 11.2 Å². The first-order valence-corrected chi connectivity index (χ1v) is 7.21. The number of nitrogen functional groups attached to an aromatic ring is 1. The van der Waals surface area contributed by atoms with Crippen LogP contribution >= 0.6 is 11.8 Å². The van der Waals surface area contributed by atoms with Gasteiger partial charge < -0.3 is 15.9 Å². The maximum absolute atomic E-state index is 11.7. The molecule has 0 aliphatic carbocycles. The molecule has 1 fully saturated rings. The van der Waals surface area contributed by atoms with E-state index in [2.05, 4.69) is 15.0 Å². The van der Waals surface area contributed by atoms with Gasteiger partial charge in [0.15, 0.2) is 11.2 Å². The average Bonchev–Trinajstić information content (AvgIpc) is 2.93. The highest BCUT2D eigenvalue weighted by Gasteiger charge is 2.42. The third-order valence-corrected chi connectivity index (χ3v) is 5.21. The quantitative estimate of drug-likeness (QED) is 0.585. The van der Waals surface area contributed by atoms with Crippen LogP contribution in [0.15, 0.2) is 11.1 Å². The van der Waals surface area contributed by atoms with Gasteiger partial charge in [0.25, 0.3) is 5.56 Å². The van der Waals surface area contributed by atoms with E-state index in [-0.39, 0.29) is 16.7 Å². The zero-order valence-electron chi connectivity index (χ0n) is 10.7. The Morgan fingerprint density at radius 3 is 2.90 bits per heavy atom. The summed E-state index contributed by atoms with van der Waals surface area (Å²) in [6.07, 6.45) is 0.427. The Bertz CT molecular complexity index is 699. The van der Waals surface area contributed by atoms with E-state index in [9.17, 15) is 15.0 Å². The van der Waals surface area contributed by atoms with Gasteiger partial charge in [-0.3, -0.25) is 14.3 Å². The van der Waals surface area contributed by atoms with Crippen LogP contribution in [-0.4, -0.2) is 47.2 Å². The second kappa shape index (κ2) is 4.76. The Balaban J connectivity index is 2.09. The van der Waals surface area contributed by atoms with Crippen LogP contribution in [0.5, 0.6) is 0 Å². The highest BCUT2D eigenvalue weighted by Crippen LogP contribution is 2.43. The summed E-state index contributed by atoms with van der Waals surface area (Å²) in [7, 11) is 0. The first-order valence-electron chi connectivity index (χ1n) is 6.26. The van der Waals surface area contributed by atoms with Crippen molar-refractivity contribution in [3.8, 4) is 0 Å². The van der Waals surface area contributed by atoms with Crippen LogP contribution in [-0.2, 0) is 0 Å². The van der Waals surface area contributed by atoms with Gasteiger partial charge in [0.1, 0.15) is 11.5 Å². The number of hydrogen-bond donors (Lipinski definition) is 4. The zero-order valence-corrected chi connectivity index (χ0v) is 11.5. The molecule has 108 valence electrons. The Labute approximate surface area is 118 Å². The Morgan fingerprint density at radius 1 is 1.50 bits per heavy atom. The van der Waals surface area contributed by atoms with Crippen molar-refractivity contribution in [2.45, 2.75) is 36.2 Å². The van der Waals surface area contributed by atoms with Crippen molar-refractivity contribution in [1.82, 2.24) is 19.5 Å². The second-order valence-electron chi connectivity index (χ2n) is 4.73. The number of aromatic amines is 1. The summed E-state index contributed by atoms with van der Waals surface area (Å²) in [5.41, 5.74) is 5.60. The molecule has 0 bridgehead atoms. The summed E-state index contributed by atoms with van der Waals surface area (Å²) in [4.78, 5) is 22.2. The van der Waals surface area contributed by atoms with E-state index >= 15 is 0 Å². The Hall–Kier alpha value is -1.58. The lowest BCUT2D eigenvalue weighted by Gasteiger charge is -2.16. The number of imidazole rings is 1. The normalized spacial score (nSPS) is 30.1. The Kier molecular flexibility index (Phi) is 3.19. The van der Waals surface area contributed by atoms with Gasteiger partial charge in [0.2, 0.25) is 5.95 Å². The van der Waals surface area contributed by atoms with Crippen molar-refractivity contribution >= 4 is 28.9 Å². The maximum Gasteiger partial charge on any atom is 0.280 e. The minimum atomic E-state index is -0.940. The fourth-order valence-corrected chi connectivity index (χ4v) is 3.91. The van der Waals surface area contributed by atoms with E-state index in [1.165, 1.54) is 18.1 Å². The highest BCUT2D eigenvalue weighted by molar-refractivity contribution is 8.00.